The molecule has 0 spiro atoms. The van der Waals surface area contributed by atoms with E-state index in [2.05, 4.69) is 4.98 Å². The normalized spacial score (nSPS) is 16.2. The molecule has 7 heteroatoms. The predicted molar refractivity (Wildman–Crippen MR) is 75.4 cm³/mol. The zero-order valence-electron chi connectivity index (χ0n) is 11.4. The van der Waals surface area contributed by atoms with E-state index in [9.17, 15) is 13.6 Å². The quantitative estimate of drug-likeness (QED) is 0.889. The Bertz CT molecular complexity index is 711. The van der Waals surface area contributed by atoms with Gasteiger partial charge in [-0.1, -0.05) is 0 Å². The number of pyridine rings is 1. The number of alkyl halides is 1. The number of carbonyl (C=O) groups is 1. The summed E-state index contributed by atoms with van der Waals surface area (Å²) in [6.07, 6.45) is 1.22. The van der Waals surface area contributed by atoms with Gasteiger partial charge in [0.15, 0.2) is 0 Å². The smallest absolute Gasteiger partial charge is 0.337 e. The van der Waals surface area contributed by atoms with Crippen LogP contribution in [0.3, 0.4) is 0 Å². The number of carboxylic acid groups (broad SMARTS) is 1. The average molecular weight is 295 g/mol. The number of aromatic carboxylic acids is 1. The number of halogens is 2. The van der Waals surface area contributed by atoms with E-state index in [0.717, 1.165) is 0 Å². The molecule has 0 bridgehead atoms. The summed E-state index contributed by atoms with van der Waals surface area (Å²) in [7, 11) is 0. The van der Waals surface area contributed by atoms with Crippen molar-refractivity contribution >= 4 is 22.6 Å². The minimum absolute atomic E-state index is 0. The van der Waals surface area contributed by atoms with Crippen molar-refractivity contribution in [3.63, 3.8) is 0 Å². The molecular weight excluding hydrogens is 280 g/mol. The van der Waals surface area contributed by atoms with Crippen molar-refractivity contribution in [2.24, 2.45) is 0 Å². The fraction of sp³-hybridized carbons (Fsp3) is 0.286. The molecule has 1 saturated heterocycles. The Morgan fingerprint density at radius 2 is 2.05 bits per heavy atom. The molecule has 1 aromatic heterocycles. The maximum Gasteiger partial charge on any atom is 0.337 e. The van der Waals surface area contributed by atoms with Crippen molar-refractivity contribution in [3.05, 3.63) is 35.8 Å². The maximum atomic E-state index is 14.0. The number of benzene rings is 1. The summed E-state index contributed by atoms with van der Waals surface area (Å²) in [6, 6.07) is 4.12. The Morgan fingerprint density at radius 3 is 2.62 bits per heavy atom. The molecule has 1 aliphatic rings. The van der Waals surface area contributed by atoms with Crippen molar-refractivity contribution in [2.75, 3.05) is 18.0 Å². The van der Waals surface area contributed by atoms with Crippen molar-refractivity contribution in [3.8, 4) is 0 Å². The first kappa shape index (κ1) is 15.1. The molecule has 0 unspecified atom stereocenters. The molecule has 0 aliphatic carbocycles. The highest BCUT2D eigenvalue weighted by Gasteiger charge is 2.39. The Morgan fingerprint density at radius 1 is 1.38 bits per heavy atom. The van der Waals surface area contributed by atoms with Crippen LogP contribution < -0.4 is 11.1 Å². The predicted octanol–water partition coefficient (Wildman–Crippen LogP) is 2.78. The van der Waals surface area contributed by atoms with Gasteiger partial charge in [0.25, 0.3) is 0 Å². The highest BCUT2D eigenvalue weighted by molar-refractivity contribution is 5.93. The highest BCUT2D eigenvalue weighted by Crippen LogP contribution is 2.33. The zero-order valence-corrected chi connectivity index (χ0v) is 11.4. The highest BCUT2D eigenvalue weighted by atomic mass is 19.1. The van der Waals surface area contributed by atoms with Gasteiger partial charge in [0.2, 0.25) is 0 Å². The summed E-state index contributed by atoms with van der Waals surface area (Å²) in [5, 5.41) is 9.29. The van der Waals surface area contributed by atoms with E-state index in [1.807, 2.05) is 0 Å². The summed E-state index contributed by atoms with van der Waals surface area (Å²) < 4.78 is 27.5. The van der Waals surface area contributed by atoms with E-state index in [0.29, 0.717) is 16.6 Å². The van der Waals surface area contributed by atoms with Crippen LogP contribution in [0.2, 0.25) is 0 Å². The summed E-state index contributed by atoms with van der Waals surface area (Å²) >= 11 is 0. The van der Waals surface area contributed by atoms with Crippen LogP contribution in [0.15, 0.2) is 24.4 Å². The lowest BCUT2D eigenvalue weighted by Crippen LogP contribution is -2.57. The molecule has 112 valence electrons. The third-order valence-corrected chi connectivity index (χ3v) is 3.38. The van der Waals surface area contributed by atoms with Crippen molar-refractivity contribution in [2.45, 2.75) is 12.6 Å². The Balaban J connectivity index is 0.00000161. The van der Waals surface area contributed by atoms with Crippen LogP contribution in [0.5, 0.6) is 0 Å². The minimum Gasteiger partial charge on any atom is -0.478 e. The SMILES string of the molecule is CC1(F)CN(c2cc3ncc(C(=O)O)cc3cc2F)C1.N. The molecule has 4 N–H and O–H groups in total. The number of nitrogens with zero attached hydrogens (tertiary/aromatic N) is 2. The van der Waals surface area contributed by atoms with Crippen LogP contribution in [0, 0.1) is 5.82 Å². The first-order chi connectivity index (χ1) is 9.35. The lowest BCUT2D eigenvalue weighted by molar-refractivity contribution is 0.0696. The minimum atomic E-state index is -1.29. The Hall–Kier alpha value is -2.28. The third-order valence-electron chi connectivity index (χ3n) is 3.38. The summed E-state index contributed by atoms with van der Waals surface area (Å²) in [4.78, 5) is 16.5. The molecule has 3 rings (SSSR count). The van der Waals surface area contributed by atoms with Crippen LogP contribution in [-0.4, -0.2) is 34.8 Å². The zero-order chi connectivity index (χ0) is 14.5. The number of hydrogen-bond acceptors (Lipinski definition) is 4. The molecular formula is C14H15F2N3O2. The van der Waals surface area contributed by atoms with Gasteiger partial charge in [0.05, 0.1) is 29.9 Å². The van der Waals surface area contributed by atoms with Crippen LogP contribution in [-0.2, 0) is 0 Å². The molecule has 5 nitrogen and oxygen atoms in total. The lowest BCUT2D eigenvalue weighted by Gasteiger charge is -2.43. The van der Waals surface area contributed by atoms with E-state index in [-0.39, 0.29) is 24.8 Å². The van der Waals surface area contributed by atoms with Crippen molar-refractivity contribution in [1.82, 2.24) is 11.1 Å². The fourth-order valence-corrected chi connectivity index (χ4v) is 2.42. The molecule has 1 aromatic carbocycles. The van der Waals surface area contributed by atoms with Crippen molar-refractivity contribution in [1.29, 1.82) is 0 Å². The van der Waals surface area contributed by atoms with E-state index in [4.69, 9.17) is 5.11 Å². The molecule has 1 aliphatic heterocycles. The molecule has 21 heavy (non-hydrogen) atoms. The number of anilines is 1. The molecule has 0 saturated carbocycles. The molecule has 0 radical (unpaired) electrons. The van der Waals surface area contributed by atoms with Gasteiger partial charge >= 0.3 is 5.97 Å². The molecule has 2 heterocycles. The van der Waals surface area contributed by atoms with Gasteiger partial charge in [0, 0.05) is 11.6 Å². The number of aromatic nitrogens is 1. The second-order valence-electron chi connectivity index (χ2n) is 5.29. The van der Waals surface area contributed by atoms with Gasteiger partial charge in [-0.05, 0) is 25.1 Å². The van der Waals surface area contributed by atoms with Gasteiger partial charge < -0.3 is 16.2 Å². The molecule has 0 amide bonds. The third kappa shape index (κ3) is 2.64. The number of hydrogen-bond donors (Lipinski definition) is 2. The van der Waals surface area contributed by atoms with Crippen LogP contribution in [0.4, 0.5) is 14.5 Å². The van der Waals surface area contributed by atoms with Gasteiger partial charge in [-0.2, -0.15) is 0 Å². The first-order valence-corrected chi connectivity index (χ1v) is 6.12. The summed E-state index contributed by atoms with van der Waals surface area (Å²) in [6.45, 7) is 1.76. The summed E-state index contributed by atoms with van der Waals surface area (Å²) in [5.41, 5.74) is -0.505. The van der Waals surface area contributed by atoms with Gasteiger partial charge in [-0.15, -0.1) is 0 Å². The van der Waals surface area contributed by atoms with Crippen LogP contribution in [0.25, 0.3) is 10.9 Å². The molecule has 1 fully saturated rings. The van der Waals surface area contributed by atoms with E-state index in [1.165, 1.54) is 31.3 Å². The second-order valence-corrected chi connectivity index (χ2v) is 5.29. The van der Waals surface area contributed by atoms with E-state index < -0.39 is 17.5 Å². The standard InChI is InChI=1S/C14H12F2N2O2.H3N/c1-14(16)6-18(7-14)12-4-11-8(3-10(12)15)2-9(5-17-11)13(19)20;/h2-5H,6-7H2,1H3,(H,19,20);1H3. The van der Waals surface area contributed by atoms with E-state index >= 15 is 0 Å². The van der Waals surface area contributed by atoms with Crippen LogP contribution >= 0.6 is 0 Å². The maximum absolute atomic E-state index is 14.0. The van der Waals surface area contributed by atoms with Crippen molar-refractivity contribution < 1.29 is 18.7 Å². The molecule has 2 aromatic rings. The lowest BCUT2D eigenvalue weighted by atomic mass is 9.97. The summed E-state index contributed by atoms with van der Waals surface area (Å²) in [5.74, 6) is -1.61. The molecule has 0 atom stereocenters. The Kier molecular flexibility index (Phi) is 3.54. The average Bonchev–Trinajstić information content (AvgIpc) is 2.34. The number of carboxylic acids is 1. The van der Waals surface area contributed by atoms with E-state index in [1.54, 1.807) is 4.90 Å². The second kappa shape index (κ2) is 4.92. The van der Waals surface area contributed by atoms with Gasteiger partial charge in [-0.25, -0.2) is 13.6 Å². The van der Waals surface area contributed by atoms with Crippen LogP contribution in [0.1, 0.15) is 17.3 Å². The van der Waals surface area contributed by atoms with Gasteiger partial charge in [-0.3, -0.25) is 4.98 Å². The Labute approximate surface area is 119 Å². The topological polar surface area (TPSA) is 88.4 Å². The first-order valence-electron chi connectivity index (χ1n) is 6.12. The fourth-order valence-electron chi connectivity index (χ4n) is 2.42. The largest absolute Gasteiger partial charge is 0.478 e. The monoisotopic (exact) mass is 295 g/mol. The number of rotatable bonds is 2. The van der Waals surface area contributed by atoms with Gasteiger partial charge in [0.1, 0.15) is 11.5 Å². The number of fused-ring (bicyclic) bond motifs is 1.